The summed E-state index contributed by atoms with van der Waals surface area (Å²) in [6.45, 7) is 3.38. The van der Waals surface area contributed by atoms with Gasteiger partial charge in [0.15, 0.2) is 5.82 Å². The van der Waals surface area contributed by atoms with Gasteiger partial charge in [-0.25, -0.2) is 9.97 Å². The van der Waals surface area contributed by atoms with Gasteiger partial charge in [-0.15, -0.1) is 0 Å². The van der Waals surface area contributed by atoms with Gasteiger partial charge in [-0.3, -0.25) is 0 Å². The maximum Gasteiger partial charge on any atom is 0.156 e. The highest BCUT2D eigenvalue weighted by atomic mass is 16.3. The Bertz CT molecular complexity index is 1110. The summed E-state index contributed by atoms with van der Waals surface area (Å²) in [6, 6.07) is 22.6. The SMILES string of the molecule is Cc1c(Nc2nccc3ccc(CNCCO)nc23)cccc1-c1ccccc1. The fourth-order valence-corrected chi connectivity index (χ4v) is 3.40. The van der Waals surface area contributed by atoms with Gasteiger partial charge in [0.05, 0.1) is 12.3 Å². The van der Waals surface area contributed by atoms with E-state index in [0.717, 1.165) is 28.1 Å². The summed E-state index contributed by atoms with van der Waals surface area (Å²) in [5.74, 6) is 0.736. The van der Waals surface area contributed by atoms with Crippen molar-refractivity contribution in [2.45, 2.75) is 13.5 Å². The van der Waals surface area contributed by atoms with E-state index in [0.29, 0.717) is 13.1 Å². The van der Waals surface area contributed by atoms with Crippen molar-refractivity contribution in [2.24, 2.45) is 0 Å². The van der Waals surface area contributed by atoms with Gasteiger partial charge < -0.3 is 15.7 Å². The number of hydrogen-bond donors (Lipinski definition) is 3. The van der Waals surface area contributed by atoms with E-state index in [1.807, 2.05) is 18.2 Å². The van der Waals surface area contributed by atoms with Crippen molar-refractivity contribution in [2.75, 3.05) is 18.5 Å². The van der Waals surface area contributed by atoms with Gasteiger partial charge in [0, 0.05) is 30.4 Å². The summed E-state index contributed by atoms with van der Waals surface area (Å²) in [7, 11) is 0. The number of fused-ring (bicyclic) bond motifs is 1. The van der Waals surface area contributed by atoms with Crippen LogP contribution in [0.4, 0.5) is 11.5 Å². The Kier molecular flexibility index (Phi) is 5.79. The Morgan fingerprint density at radius 3 is 2.62 bits per heavy atom. The minimum absolute atomic E-state index is 0.110. The minimum atomic E-state index is 0.110. The van der Waals surface area contributed by atoms with Crippen molar-refractivity contribution in [3.05, 3.63) is 84.2 Å². The fraction of sp³-hybridized carbons (Fsp3) is 0.167. The van der Waals surface area contributed by atoms with Crippen LogP contribution in [0.3, 0.4) is 0 Å². The lowest BCUT2D eigenvalue weighted by molar-refractivity contribution is 0.291. The lowest BCUT2D eigenvalue weighted by Gasteiger charge is -2.14. The molecule has 0 unspecified atom stereocenters. The molecular formula is C24H24N4O. The molecule has 2 heterocycles. The van der Waals surface area contributed by atoms with Crippen molar-refractivity contribution in [3.8, 4) is 11.1 Å². The number of rotatable bonds is 7. The third-order valence-corrected chi connectivity index (χ3v) is 4.93. The second-order valence-corrected chi connectivity index (χ2v) is 6.90. The number of hydrogen-bond acceptors (Lipinski definition) is 5. The molecule has 5 nitrogen and oxygen atoms in total. The summed E-state index contributed by atoms with van der Waals surface area (Å²) in [5, 5.41) is 16.6. The van der Waals surface area contributed by atoms with Crippen molar-refractivity contribution in [1.82, 2.24) is 15.3 Å². The van der Waals surface area contributed by atoms with Crippen LogP contribution in [-0.2, 0) is 6.54 Å². The molecule has 0 saturated carbocycles. The Morgan fingerprint density at radius 2 is 1.79 bits per heavy atom. The second kappa shape index (κ2) is 8.82. The predicted molar refractivity (Wildman–Crippen MR) is 118 cm³/mol. The number of nitrogens with zero attached hydrogens (tertiary/aromatic N) is 2. The van der Waals surface area contributed by atoms with E-state index in [1.165, 1.54) is 16.7 Å². The van der Waals surface area contributed by atoms with Crippen LogP contribution >= 0.6 is 0 Å². The van der Waals surface area contributed by atoms with Crippen LogP contribution in [0.1, 0.15) is 11.3 Å². The Labute approximate surface area is 170 Å². The van der Waals surface area contributed by atoms with Gasteiger partial charge in [-0.05, 0) is 41.8 Å². The molecule has 4 aromatic rings. The summed E-state index contributed by atoms with van der Waals surface area (Å²) in [6.07, 6.45) is 1.80. The van der Waals surface area contributed by atoms with Gasteiger partial charge in [0.25, 0.3) is 0 Å². The molecule has 0 saturated heterocycles. The molecule has 0 spiro atoms. The maximum atomic E-state index is 8.95. The molecular weight excluding hydrogens is 360 g/mol. The second-order valence-electron chi connectivity index (χ2n) is 6.90. The van der Waals surface area contributed by atoms with Gasteiger partial charge in [0.2, 0.25) is 0 Å². The number of aliphatic hydroxyl groups is 1. The van der Waals surface area contributed by atoms with E-state index in [1.54, 1.807) is 6.20 Å². The molecule has 146 valence electrons. The highest BCUT2D eigenvalue weighted by Gasteiger charge is 2.10. The molecule has 0 amide bonds. The maximum absolute atomic E-state index is 8.95. The Morgan fingerprint density at radius 1 is 0.931 bits per heavy atom. The molecule has 0 bridgehead atoms. The van der Waals surface area contributed by atoms with Crippen molar-refractivity contribution in [3.63, 3.8) is 0 Å². The van der Waals surface area contributed by atoms with Crippen molar-refractivity contribution < 1.29 is 5.11 Å². The largest absolute Gasteiger partial charge is 0.395 e. The molecule has 29 heavy (non-hydrogen) atoms. The zero-order valence-corrected chi connectivity index (χ0v) is 16.4. The lowest BCUT2D eigenvalue weighted by Crippen LogP contribution is -2.18. The van der Waals surface area contributed by atoms with Crippen LogP contribution in [0.15, 0.2) is 72.9 Å². The first-order valence-electron chi connectivity index (χ1n) is 9.74. The minimum Gasteiger partial charge on any atom is -0.395 e. The quantitative estimate of drug-likeness (QED) is 0.411. The number of aliphatic hydroxyl groups excluding tert-OH is 1. The zero-order chi connectivity index (χ0) is 20.1. The molecule has 2 aromatic carbocycles. The molecule has 0 atom stereocenters. The van der Waals surface area contributed by atoms with Gasteiger partial charge >= 0.3 is 0 Å². The van der Waals surface area contributed by atoms with Gasteiger partial charge in [-0.1, -0.05) is 48.5 Å². The third-order valence-electron chi connectivity index (χ3n) is 4.93. The molecule has 0 fully saturated rings. The average molecular weight is 384 g/mol. The molecule has 2 aromatic heterocycles. The third kappa shape index (κ3) is 4.26. The summed E-state index contributed by atoms with van der Waals surface area (Å²) in [5.41, 5.74) is 6.31. The summed E-state index contributed by atoms with van der Waals surface area (Å²) < 4.78 is 0. The average Bonchev–Trinajstić information content (AvgIpc) is 2.76. The normalized spacial score (nSPS) is 11.0. The monoisotopic (exact) mass is 384 g/mol. The van der Waals surface area contributed by atoms with Crippen molar-refractivity contribution in [1.29, 1.82) is 0 Å². The molecule has 4 rings (SSSR count). The first-order chi connectivity index (χ1) is 14.3. The lowest BCUT2D eigenvalue weighted by atomic mass is 9.99. The molecule has 3 N–H and O–H groups in total. The summed E-state index contributed by atoms with van der Waals surface area (Å²) in [4.78, 5) is 9.33. The van der Waals surface area contributed by atoms with Crippen LogP contribution in [0.5, 0.6) is 0 Å². The van der Waals surface area contributed by atoms with Crippen LogP contribution < -0.4 is 10.6 Å². The van der Waals surface area contributed by atoms with Gasteiger partial charge in [-0.2, -0.15) is 0 Å². The van der Waals surface area contributed by atoms with E-state index in [-0.39, 0.29) is 6.61 Å². The molecule has 0 aliphatic rings. The number of anilines is 2. The van der Waals surface area contributed by atoms with E-state index in [9.17, 15) is 0 Å². The highest BCUT2D eigenvalue weighted by molar-refractivity contribution is 5.90. The van der Waals surface area contributed by atoms with E-state index in [2.05, 4.69) is 71.1 Å². The van der Waals surface area contributed by atoms with Crippen molar-refractivity contribution >= 4 is 22.4 Å². The highest BCUT2D eigenvalue weighted by Crippen LogP contribution is 2.31. The molecule has 0 radical (unpaired) electrons. The fourth-order valence-electron chi connectivity index (χ4n) is 3.40. The van der Waals surface area contributed by atoms with Crippen LogP contribution in [0, 0.1) is 6.92 Å². The first kappa shape index (κ1) is 19.1. The first-order valence-corrected chi connectivity index (χ1v) is 9.74. The number of aromatic nitrogens is 2. The number of nitrogens with one attached hydrogen (secondary N) is 2. The number of benzene rings is 2. The van der Waals surface area contributed by atoms with Crippen LogP contribution in [0.2, 0.25) is 0 Å². The Hall–Kier alpha value is -3.28. The van der Waals surface area contributed by atoms with E-state index < -0.39 is 0 Å². The zero-order valence-electron chi connectivity index (χ0n) is 16.4. The Balaban J connectivity index is 1.68. The van der Waals surface area contributed by atoms with Crippen LogP contribution in [0.25, 0.3) is 22.0 Å². The smallest absolute Gasteiger partial charge is 0.156 e. The van der Waals surface area contributed by atoms with E-state index >= 15 is 0 Å². The predicted octanol–water partition coefficient (Wildman–Crippen LogP) is 4.43. The van der Waals surface area contributed by atoms with Gasteiger partial charge in [0.1, 0.15) is 5.52 Å². The molecule has 5 heteroatoms. The van der Waals surface area contributed by atoms with E-state index in [4.69, 9.17) is 10.1 Å². The molecule has 0 aliphatic heterocycles. The standard InChI is InChI=1S/C24H24N4O/c1-17-21(18-6-3-2-4-7-18)8-5-9-22(17)28-24-23-19(12-13-26-24)10-11-20(27-23)16-25-14-15-29/h2-13,25,29H,14-16H2,1H3,(H,26,28). The summed E-state index contributed by atoms with van der Waals surface area (Å²) >= 11 is 0. The van der Waals surface area contributed by atoms with Crippen LogP contribution in [-0.4, -0.2) is 28.2 Å². The topological polar surface area (TPSA) is 70.1 Å². The molecule has 0 aliphatic carbocycles. The number of pyridine rings is 2.